The van der Waals surface area contributed by atoms with E-state index in [1.807, 2.05) is 13.8 Å². The van der Waals surface area contributed by atoms with Crippen molar-refractivity contribution in [2.24, 2.45) is 0 Å². The van der Waals surface area contributed by atoms with Crippen molar-refractivity contribution in [3.8, 4) is 5.75 Å². The van der Waals surface area contributed by atoms with Gasteiger partial charge in [-0.3, -0.25) is 9.59 Å². The third-order valence-corrected chi connectivity index (χ3v) is 2.62. The Morgan fingerprint density at radius 1 is 1.37 bits per heavy atom. The number of nitrogens with zero attached hydrogens (tertiary/aromatic N) is 1. The molecule has 0 aliphatic carbocycles. The number of rotatable bonds is 4. The molecule has 19 heavy (non-hydrogen) atoms. The molecular formula is C14H20N2O3. The second-order valence-electron chi connectivity index (χ2n) is 4.88. The van der Waals surface area contributed by atoms with Gasteiger partial charge in [0.25, 0.3) is 5.91 Å². The van der Waals surface area contributed by atoms with Crippen LogP contribution >= 0.6 is 0 Å². The Morgan fingerprint density at radius 3 is 2.53 bits per heavy atom. The Labute approximate surface area is 113 Å². The maximum absolute atomic E-state index is 12.2. The van der Waals surface area contributed by atoms with Gasteiger partial charge in [-0.2, -0.15) is 0 Å². The highest BCUT2D eigenvalue weighted by molar-refractivity contribution is 5.97. The van der Waals surface area contributed by atoms with Crippen LogP contribution in [-0.2, 0) is 4.79 Å². The minimum Gasteiger partial charge on any atom is -0.508 e. The molecule has 5 heteroatoms. The number of carbonyl (C=O) groups excluding carboxylic acids is 2. The molecule has 0 aliphatic heterocycles. The molecule has 0 radical (unpaired) electrons. The number of benzene rings is 1. The van der Waals surface area contributed by atoms with Gasteiger partial charge in [0.2, 0.25) is 5.91 Å². The quantitative estimate of drug-likeness (QED) is 0.861. The summed E-state index contributed by atoms with van der Waals surface area (Å²) in [5, 5.41) is 12.0. The standard InChI is InChI=1S/C14H20N2O3/c1-9(2)15-13(18)8-16(4)14(19)12-6-5-11(17)7-10(12)3/h5-7,9,17H,8H2,1-4H3,(H,15,18). The third kappa shape index (κ3) is 4.28. The summed E-state index contributed by atoms with van der Waals surface area (Å²) in [4.78, 5) is 25.1. The van der Waals surface area contributed by atoms with E-state index in [4.69, 9.17) is 0 Å². The van der Waals surface area contributed by atoms with Crippen LogP contribution in [0.1, 0.15) is 29.8 Å². The number of aryl methyl sites for hydroxylation is 1. The van der Waals surface area contributed by atoms with Crippen LogP contribution in [0.5, 0.6) is 5.75 Å². The molecular weight excluding hydrogens is 244 g/mol. The van der Waals surface area contributed by atoms with E-state index in [9.17, 15) is 14.7 Å². The highest BCUT2D eigenvalue weighted by Crippen LogP contribution is 2.16. The molecule has 0 saturated heterocycles. The average molecular weight is 264 g/mol. The largest absolute Gasteiger partial charge is 0.508 e. The summed E-state index contributed by atoms with van der Waals surface area (Å²) in [6.45, 7) is 5.49. The van der Waals surface area contributed by atoms with Crippen molar-refractivity contribution in [1.82, 2.24) is 10.2 Å². The van der Waals surface area contributed by atoms with Crippen LogP contribution < -0.4 is 5.32 Å². The van der Waals surface area contributed by atoms with Gasteiger partial charge in [0.15, 0.2) is 0 Å². The van der Waals surface area contributed by atoms with Gasteiger partial charge in [-0.1, -0.05) is 0 Å². The Morgan fingerprint density at radius 2 is 2.00 bits per heavy atom. The molecule has 1 aromatic carbocycles. The summed E-state index contributed by atoms with van der Waals surface area (Å²) < 4.78 is 0. The van der Waals surface area contributed by atoms with E-state index in [0.29, 0.717) is 11.1 Å². The van der Waals surface area contributed by atoms with E-state index < -0.39 is 0 Å². The Balaban J connectivity index is 2.74. The topological polar surface area (TPSA) is 69.6 Å². The van der Waals surface area contributed by atoms with Crippen molar-refractivity contribution in [2.45, 2.75) is 26.8 Å². The molecule has 1 rings (SSSR count). The summed E-state index contributed by atoms with van der Waals surface area (Å²) in [6.07, 6.45) is 0. The van der Waals surface area contributed by atoms with Crippen molar-refractivity contribution in [2.75, 3.05) is 13.6 Å². The number of hydrogen-bond donors (Lipinski definition) is 2. The molecule has 0 fully saturated rings. The monoisotopic (exact) mass is 264 g/mol. The molecule has 5 nitrogen and oxygen atoms in total. The molecule has 0 bridgehead atoms. The summed E-state index contributed by atoms with van der Waals surface area (Å²) in [6, 6.07) is 4.59. The van der Waals surface area contributed by atoms with Gasteiger partial charge in [-0.25, -0.2) is 0 Å². The third-order valence-electron chi connectivity index (χ3n) is 2.62. The number of hydrogen-bond acceptors (Lipinski definition) is 3. The first kappa shape index (κ1) is 15.0. The lowest BCUT2D eigenvalue weighted by Crippen LogP contribution is -2.41. The van der Waals surface area contributed by atoms with Gasteiger partial charge in [-0.05, 0) is 44.5 Å². The Kier molecular flexibility index (Phi) is 4.92. The maximum atomic E-state index is 12.2. The number of nitrogens with one attached hydrogen (secondary N) is 1. The van der Waals surface area contributed by atoms with Crippen molar-refractivity contribution < 1.29 is 14.7 Å². The van der Waals surface area contributed by atoms with Crippen molar-refractivity contribution in [3.05, 3.63) is 29.3 Å². The van der Waals surface area contributed by atoms with Crippen LogP contribution in [0, 0.1) is 6.92 Å². The summed E-state index contributed by atoms with van der Waals surface area (Å²) in [5.74, 6) is -0.312. The summed E-state index contributed by atoms with van der Waals surface area (Å²) >= 11 is 0. The Hall–Kier alpha value is -2.04. The second kappa shape index (κ2) is 6.22. The average Bonchev–Trinajstić information content (AvgIpc) is 2.26. The van der Waals surface area contributed by atoms with E-state index in [1.165, 1.54) is 17.0 Å². The fourth-order valence-corrected chi connectivity index (χ4v) is 1.75. The predicted molar refractivity (Wildman–Crippen MR) is 73.1 cm³/mol. The first-order valence-corrected chi connectivity index (χ1v) is 6.15. The van der Waals surface area contributed by atoms with Gasteiger partial charge < -0.3 is 15.3 Å². The first-order chi connectivity index (χ1) is 8.81. The van der Waals surface area contributed by atoms with Gasteiger partial charge in [0.1, 0.15) is 5.75 Å². The molecule has 0 aromatic heterocycles. The van der Waals surface area contributed by atoms with Crippen LogP contribution in [0.15, 0.2) is 18.2 Å². The number of aromatic hydroxyl groups is 1. The number of phenolic OH excluding ortho intramolecular Hbond substituents is 1. The highest BCUT2D eigenvalue weighted by Gasteiger charge is 2.17. The van der Waals surface area contributed by atoms with Crippen molar-refractivity contribution in [3.63, 3.8) is 0 Å². The van der Waals surface area contributed by atoms with E-state index >= 15 is 0 Å². The summed E-state index contributed by atoms with van der Waals surface area (Å²) in [7, 11) is 1.58. The lowest BCUT2D eigenvalue weighted by Gasteiger charge is -2.19. The van der Waals surface area contributed by atoms with Gasteiger partial charge in [0.05, 0.1) is 6.54 Å². The molecule has 1 aromatic rings. The van der Waals surface area contributed by atoms with E-state index in [2.05, 4.69) is 5.32 Å². The van der Waals surface area contributed by atoms with Crippen LogP contribution in [0.3, 0.4) is 0 Å². The van der Waals surface area contributed by atoms with Crippen molar-refractivity contribution >= 4 is 11.8 Å². The molecule has 0 aliphatic rings. The molecule has 104 valence electrons. The minimum absolute atomic E-state index is 0.0112. The maximum Gasteiger partial charge on any atom is 0.254 e. The Bertz CT molecular complexity index is 484. The van der Waals surface area contributed by atoms with Crippen LogP contribution in [-0.4, -0.2) is 41.5 Å². The summed E-state index contributed by atoms with van der Waals surface area (Å²) in [5.41, 5.74) is 1.17. The molecule has 2 amide bonds. The molecule has 0 heterocycles. The first-order valence-electron chi connectivity index (χ1n) is 6.15. The fraction of sp³-hybridized carbons (Fsp3) is 0.429. The fourth-order valence-electron chi connectivity index (χ4n) is 1.75. The lowest BCUT2D eigenvalue weighted by molar-refractivity contribution is -0.122. The molecule has 0 saturated carbocycles. The van der Waals surface area contributed by atoms with E-state index in [1.54, 1.807) is 20.0 Å². The van der Waals surface area contributed by atoms with Gasteiger partial charge >= 0.3 is 0 Å². The number of carbonyl (C=O) groups is 2. The highest BCUT2D eigenvalue weighted by atomic mass is 16.3. The molecule has 0 unspecified atom stereocenters. The number of phenols is 1. The minimum atomic E-state index is -0.239. The predicted octanol–water partition coefficient (Wildman–Crippen LogP) is 1.30. The van der Waals surface area contributed by atoms with Crippen LogP contribution in [0.2, 0.25) is 0 Å². The molecule has 0 spiro atoms. The zero-order valence-electron chi connectivity index (χ0n) is 11.7. The zero-order chi connectivity index (χ0) is 14.6. The smallest absolute Gasteiger partial charge is 0.254 e. The lowest BCUT2D eigenvalue weighted by atomic mass is 10.1. The zero-order valence-corrected chi connectivity index (χ0v) is 11.7. The molecule has 0 atom stereocenters. The van der Waals surface area contributed by atoms with Gasteiger partial charge in [-0.15, -0.1) is 0 Å². The number of amides is 2. The normalized spacial score (nSPS) is 10.4. The second-order valence-corrected chi connectivity index (χ2v) is 4.88. The number of likely N-dealkylation sites (N-methyl/N-ethyl adjacent to an activating group) is 1. The SMILES string of the molecule is Cc1cc(O)ccc1C(=O)N(C)CC(=O)NC(C)C. The van der Waals surface area contributed by atoms with Gasteiger partial charge in [0, 0.05) is 18.7 Å². The van der Waals surface area contributed by atoms with E-state index in [-0.39, 0.29) is 30.2 Å². The van der Waals surface area contributed by atoms with Crippen LogP contribution in [0.4, 0.5) is 0 Å². The van der Waals surface area contributed by atoms with Crippen molar-refractivity contribution in [1.29, 1.82) is 0 Å². The van der Waals surface area contributed by atoms with E-state index in [0.717, 1.165) is 0 Å². The van der Waals surface area contributed by atoms with Crippen LogP contribution in [0.25, 0.3) is 0 Å². The molecule has 2 N–H and O–H groups in total.